The molecular weight excluding hydrogens is 457 g/mol. The third-order valence-electron chi connectivity index (χ3n) is 3.65. The molecule has 0 atom stereocenters. The Kier molecular flexibility index (Phi) is 5.70. The first-order valence-corrected chi connectivity index (χ1v) is 10.4. The second-order valence-corrected chi connectivity index (χ2v) is 8.75. The van der Waals surface area contributed by atoms with Crippen molar-refractivity contribution in [1.82, 2.24) is 5.16 Å². The zero-order valence-corrected chi connectivity index (χ0v) is 17.1. The van der Waals surface area contributed by atoms with Crippen molar-refractivity contribution >= 4 is 38.6 Å². The van der Waals surface area contributed by atoms with E-state index in [4.69, 9.17) is 21.1 Å². The highest BCUT2D eigenvalue weighted by Crippen LogP contribution is 2.39. The summed E-state index contributed by atoms with van der Waals surface area (Å²) in [5, 5.41) is 4.72. The summed E-state index contributed by atoms with van der Waals surface area (Å²) >= 11 is 6.91. The molecule has 0 saturated heterocycles. The first-order chi connectivity index (χ1) is 13.5. The summed E-state index contributed by atoms with van der Waals surface area (Å²) < 4.78 is 80.0. The first-order valence-electron chi connectivity index (χ1n) is 7.62. The molecule has 3 aromatic rings. The van der Waals surface area contributed by atoms with Gasteiger partial charge in [-0.3, -0.25) is 4.72 Å². The third kappa shape index (κ3) is 4.43. The molecular formula is C16H12ClF3N2O5S2. The number of thiophene rings is 1. The molecule has 0 radical (unpaired) electrons. The number of benzene rings is 1. The Bertz CT molecular complexity index is 1140. The smallest absolute Gasteiger partial charge is 0.452 e. The van der Waals surface area contributed by atoms with E-state index in [0.29, 0.717) is 11.8 Å². The second kappa shape index (κ2) is 7.76. The molecule has 0 amide bonds. The predicted molar refractivity (Wildman–Crippen MR) is 100 cm³/mol. The van der Waals surface area contributed by atoms with Gasteiger partial charge in [0.15, 0.2) is 0 Å². The maximum absolute atomic E-state index is 12.7. The van der Waals surface area contributed by atoms with Gasteiger partial charge in [-0.1, -0.05) is 16.8 Å². The van der Waals surface area contributed by atoms with Crippen molar-refractivity contribution in [2.75, 3.05) is 18.9 Å². The maximum Gasteiger partial charge on any atom is 0.452 e. The van der Waals surface area contributed by atoms with Gasteiger partial charge in [0.25, 0.3) is 10.0 Å². The molecule has 0 aliphatic carbocycles. The van der Waals surface area contributed by atoms with Gasteiger partial charge in [-0.25, -0.2) is 8.42 Å². The van der Waals surface area contributed by atoms with Crippen molar-refractivity contribution in [3.63, 3.8) is 0 Å². The molecule has 7 nitrogen and oxygen atoms in total. The number of hydrogen-bond acceptors (Lipinski definition) is 7. The average molecular weight is 469 g/mol. The number of anilines is 1. The van der Waals surface area contributed by atoms with Crippen LogP contribution in [-0.2, 0) is 16.2 Å². The van der Waals surface area contributed by atoms with Crippen LogP contribution in [0.2, 0.25) is 5.02 Å². The van der Waals surface area contributed by atoms with Crippen LogP contribution in [0, 0.1) is 0 Å². The van der Waals surface area contributed by atoms with Crippen LogP contribution in [0.3, 0.4) is 0 Å². The van der Waals surface area contributed by atoms with Crippen molar-refractivity contribution in [3.05, 3.63) is 40.4 Å². The topological polar surface area (TPSA) is 90.7 Å². The highest BCUT2D eigenvalue weighted by atomic mass is 35.5. The van der Waals surface area contributed by atoms with E-state index in [1.807, 2.05) is 0 Å². The summed E-state index contributed by atoms with van der Waals surface area (Å²) in [5.74, 6) is -0.795. The summed E-state index contributed by atoms with van der Waals surface area (Å²) in [6, 6.07) is 4.71. The molecule has 2 heterocycles. The Balaban J connectivity index is 1.91. The lowest BCUT2D eigenvalue weighted by Gasteiger charge is -2.14. The van der Waals surface area contributed by atoms with Crippen molar-refractivity contribution in [2.24, 2.45) is 0 Å². The standard InChI is InChI=1S/C16H12ClF3N2O5S2/c1-25-9-4-10(17)15(12(5-9)26-2)22-29(23,24)14-3-8(7-28-14)11-6-13(27-21-11)16(18,19)20/h3-7,22H,1-2H3. The van der Waals surface area contributed by atoms with E-state index in [0.717, 1.165) is 11.3 Å². The molecule has 0 spiro atoms. The van der Waals surface area contributed by atoms with Gasteiger partial charge in [-0.05, 0) is 6.07 Å². The van der Waals surface area contributed by atoms with Gasteiger partial charge in [-0.15, -0.1) is 11.3 Å². The largest absolute Gasteiger partial charge is 0.497 e. The number of nitrogens with zero attached hydrogens (tertiary/aromatic N) is 1. The molecule has 1 N–H and O–H groups in total. The lowest BCUT2D eigenvalue weighted by Crippen LogP contribution is -2.12. The highest BCUT2D eigenvalue weighted by molar-refractivity contribution is 7.94. The van der Waals surface area contributed by atoms with Gasteiger partial charge in [-0.2, -0.15) is 13.2 Å². The molecule has 2 aromatic heterocycles. The molecule has 0 unspecified atom stereocenters. The van der Waals surface area contributed by atoms with Gasteiger partial charge in [0.05, 0.1) is 19.2 Å². The number of halogens is 4. The Labute approximate surface area is 172 Å². The summed E-state index contributed by atoms with van der Waals surface area (Å²) in [7, 11) is -1.37. The quantitative estimate of drug-likeness (QED) is 0.553. The van der Waals surface area contributed by atoms with Gasteiger partial charge in [0.1, 0.15) is 27.1 Å². The molecule has 1 aromatic carbocycles. The lowest BCUT2D eigenvalue weighted by atomic mass is 10.2. The fourth-order valence-corrected chi connectivity index (χ4v) is 4.83. The molecule has 29 heavy (non-hydrogen) atoms. The second-order valence-electron chi connectivity index (χ2n) is 5.52. The van der Waals surface area contributed by atoms with E-state index >= 15 is 0 Å². The number of alkyl halides is 3. The number of nitrogens with one attached hydrogen (secondary N) is 1. The van der Waals surface area contributed by atoms with E-state index in [1.165, 1.54) is 37.8 Å². The molecule has 3 rings (SSSR count). The van der Waals surface area contributed by atoms with Crippen LogP contribution in [0.25, 0.3) is 11.3 Å². The summed E-state index contributed by atoms with van der Waals surface area (Å²) in [4.78, 5) is 0. The zero-order valence-electron chi connectivity index (χ0n) is 14.7. The fraction of sp³-hybridized carbons (Fsp3) is 0.188. The van der Waals surface area contributed by atoms with E-state index < -0.39 is 22.0 Å². The van der Waals surface area contributed by atoms with Crippen molar-refractivity contribution in [1.29, 1.82) is 0 Å². The number of sulfonamides is 1. The van der Waals surface area contributed by atoms with Gasteiger partial charge in [0, 0.05) is 29.1 Å². The Hall–Kier alpha value is -2.44. The Morgan fingerprint density at radius 1 is 1.17 bits per heavy atom. The minimum absolute atomic E-state index is 0.00860. The normalized spacial score (nSPS) is 12.1. The molecule has 13 heteroatoms. The summed E-state index contributed by atoms with van der Waals surface area (Å²) in [5.41, 5.74) is 0.00298. The number of hydrogen-bond donors (Lipinski definition) is 1. The number of methoxy groups -OCH3 is 2. The van der Waals surface area contributed by atoms with Crippen molar-refractivity contribution in [2.45, 2.75) is 10.4 Å². The van der Waals surface area contributed by atoms with Gasteiger partial charge in [0.2, 0.25) is 5.76 Å². The van der Waals surface area contributed by atoms with E-state index in [9.17, 15) is 21.6 Å². The number of ether oxygens (including phenoxy) is 2. The van der Waals surface area contributed by atoms with Gasteiger partial charge >= 0.3 is 6.18 Å². The van der Waals surface area contributed by atoms with E-state index in [1.54, 1.807) is 0 Å². The predicted octanol–water partition coefficient (Wildman–Crippen LogP) is 4.89. The van der Waals surface area contributed by atoms with Crippen LogP contribution in [0.1, 0.15) is 5.76 Å². The third-order valence-corrected chi connectivity index (χ3v) is 6.73. The summed E-state index contributed by atoms with van der Waals surface area (Å²) in [6.07, 6.45) is -4.70. The first kappa shape index (κ1) is 21.3. The summed E-state index contributed by atoms with van der Waals surface area (Å²) in [6.45, 7) is 0. The SMILES string of the molecule is COc1cc(Cl)c(NS(=O)(=O)c2cc(-c3cc(C(F)(F)F)on3)cs2)c(OC)c1. The van der Waals surface area contributed by atoms with Crippen LogP contribution in [0.5, 0.6) is 11.5 Å². The number of rotatable bonds is 6. The van der Waals surface area contributed by atoms with Crippen LogP contribution in [0.15, 0.2) is 38.4 Å². The van der Waals surface area contributed by atoms with Crippen molar-refractivity contribution in [3.8, 4) is 22.8 Å². The Morgan fingerprint density at radius 3 is 2.48 bits per heavy atom. The molecule has 0 fully saturated rings. The monoisotopic (exact) mass is 468 g/mol. The van der Waals surface area contributed by atoms with Crippen LogP contribution in [0.4, 0.5) is 18.9 Å². The van der Waals surface area contributed by atoms with Crippen molar-refractivity contribution < 1.29 is 35.6 Å². The Morgan fingerprint density at radius 2 is 1.90 bits per heavy atom. The fourth-order valence-electron chi connectivity index (χ4n) is 2.26. The zero-order chi connectivity index (χ0) is 21.4. The maximum atomic E-state index is 12.7. The van der Waals surface area contributed by atoms with E-state index in [2.05, 4.69) is 14.4 Å². The van der Waals surface area contributed by atoms with Crippen LogP contribution >= 0.6 is 22.9 Å². The molecule has 0 aliphatic heterocycles. The highest BCUT2D eigenvalue weighted by Gasteiger charge is 2.36. The number of aromatic nitrogens is 1. The molecule has 156 valence electrons. The molecule has 0 bridgehead atoms. The average Bonchev–Trinajstić information content (AvgIpc) is 3.32. The molecule has 0 aliphatic rings. The van der Waals surface area contributed by atoms with Crippen LogP contribution in [-0.4, -0.2) is 27.8 Å². The minimum atomic E-state index is -4.70. The molecule has 0 saturated carbocycles. The van der Waals surface area contributed by atoms with Crippen LogP contribution < -0.4 is 14.2 Å². The lowest BCUT2D eigenvalue weighted by molar-refractivity contribution is -0.155. The minimum Gasteiger partial charge on any atom is -0.497 e. The van der Waals surface area contributed by atoms with Gasteiger partial charge < -0.3 is 14.0 Å². The van der Waals surface area contributed by atoms with E-state index in [-0.39, 0.29) is 31.9 Å².